The van der Waals surface area contributed by atoms with Crippen LogP contribution in [0.4, 0.5) is 0 Å². The van der Waals surface area contributed by atoms with Crippen molar-refractivity contribution in [3.8, 4) is 11.5 Å². The van der Waals surface area contributed by atoms with Gasteiger partial charge in [-0.2, -0.15) is 0 Å². The summed E-state index contributed by atoms with van der Waals surface area (Å²) in [6.45, 7) is 7.04. The molecular weight excluding hydrogens is 322 g/mol. The van der Waals surface area contributed by atoms with E-state index in [0.717, 1.165) is 29.2 Å². The molecular formula is C23H27NO2. The molecule has 0 saturated carbocycles. The smallest absolute Gasteiger partial charge is 0.131 e. The number of methoxy groups -OCH3 is 1. The number of ether oxygens (including phenoxy) is 2. The maximum Gasteiger partial charge on any atom is 0.131 e. The minimum Gasteiger partial charge on any atom is -0.496 e. The second-order valence-corrected chi connectivity index (χ2v) is 7.11. The van der Waals surface area contributed by atoms with E-state index < -0.39 is 0 Å². The zero-order valence-electron chi connectivity index (χ0n) is 16.0. The molecule has 0 aliphatic carbocycles. The molecule has 3 nitrogen and oxygen atoms in total. The summed E-state index contributed by atoms with van der Waals surface area (Å²) in [5.74, 6) is 1.72. The van der Waals surface area contributed by atoms with Gasteiger partial charge in [0.25, 0.3) is 0 Å². The van der Waals surface area contributed by atoms with Gasteiger partial charge in [0, 0.05) is 29.8 Å². The average Bonchev–Trinajstić information content (AvgIpc) is 2.64. The van der Waals surface area contributed by atoms with Crippen LogP contribution in [0.25, 0.3) is 12.2 Å². The van der Waals surface area contributed by atoms with Gasteiger partial charge < -0.3 is 14.8 Å². The van der Waals surface area contributed by atoms with E-state index in [4.69, 9.17) is 9.47 Å². The van der Waals surface area contributed by atoms with Gasteiger partial charge in [0.2, 0.25) is 0 Å². The topological polar surface area (TPSA) is 30.5 Å². The van der Waals surface area contributed by atoms with E-state index in [1.165, 1.54) is 5.56 Å². The Kier molecular flexibility index (Phi) is 5.48. The third-order valence-electron chi connectivity index (χ3n) is 4.52. The Morgan fingerprint density at radius 1 is 1.19 bits per heavy atom. The Hall–Kier alpha value is -2.52. The molecule has 2 aromatic rings. The van der Waals surface area contributed by atoms with Crippen molar-refractivity contribution in [1.82, 2.24) is 5.32 Å². The molecule has 0 radical (unpaired) electrons. The lowest BCUT2D eigenvalue weighted by Crippen LogP contribution is -2.27. The molecule has 136 valence electrons. The molecule has 1 aliphatic heterocycles. The maximum atomic E-state index is 6.05. The van der Waals surface area contributed by atoms with E-state index in [1.807, 2.05) is 24.3 Å². The summed E-state index contributed by atoms with van der Waals surface area (Å²) >= 11 is 0. The fourth-order valence-electron chi connectivity index (χ4n) is 3.05. The van der Waals surface area contributed by atoms with Gasteiger partial charge in [0.15, 0.2) is 0 Å². The number of rotatable bonds is 6. The molecule has 0 amide bonds. The van der Waals surface area contributed by atoms with Crippen LogP contribution in [0.5, 0.6) is 11.5 Å². The van der Waals surface area contributed by atoms with Crippen LogP contribution in [0.1, 0.15) is 43.5 Å². The summed E-state index contributed by atoms with van der Waals surface area (Å²) in [4.78, 5) is 0. The van der Waals surface area contributed by atoms with Gasteiger partial charge >= 0.3 is 0 Å². The lowest BCUT2D eigenvalue weighted by Gasteiger charge is -2.29. The van der Waals surface area contributed by atoms with Crippen LogP contribution >= 0.6 is 0 Å². The molecule has 2 aromatic carbocycles. The van der Waals surface area contributed by atoms with E-state index in [-0.39, 0.29) is 11.6 Å². The zero-order chi connectivity index (χ0) is 18.6. The first-order chi connectivity index (χ1) is 12.5. The van der Waals surface area contributed by atoms with Crippen LogP contribution in [0.2, 0.25) is 0 Å². The molecule has 1 unspecified atom stereocenters. The minimum atomic E-state index is -0.286. The molecule has 0 fully saturated rings. The Labute approximate surface area is 156 Å². The van der Waals surface area contributed by atoms with Crippen molar-refractivity contribution >= 4 is 12.2 Å². The van der Waals surface area contributed by atoms with Gasteiger partial charge in [-0.25, -0.2) is 0 Å². The Balaban J connectivity index is 1.71. The molecule has 1 aliphatic rings. The predicted octanol–water partition coefficient (Wildman–Crippen LogP) is 5.24. The van der Waals surface area contributed by atoms with Gasteiger partial charge in [0.1, 0.15) is 17.1 Å². The summed E-state index contributed by atoms with van der Waals surface area (Å²) in [6.07, 6.45) is 8.49. The molecule has 1 atom stereocenters. The quantitative estimate of drug-likeness (QED) is 0.773. The third-order valence-corrected chi connectivity index (χ3v) is 4.52. The Morgan fingerprint density at radius 3 is 2.69 bits per heavy atom. The van der Waals surface area contributed by atoms with Gasteiger partial charge in [-0.15, -0.1) is 0 Å². The van der Waals surface area contributed by atoms with Crippen LogP contribution in [-0.2, 0) is 0 Å². The zero-order valence-corrected chi connectivity index (χ0v) is 16.0. The normalized spacial score (nSPS) is 16.2. The molecule has 1 heterocycles. The number of benzene rings is 2. The molecule has 0 bridgehead atoms. The monoisotopic (exact) mass is 349 g/mol. The fraction of sp³-hybridized carbons (Fsp3) is 0.304. The predicted molar refractivity (Wildman–Crippen MR) is 109 cm³/mol. The molecule has 0 spiro atoms. The van der Waals surface area contributed by atoms with Crippen LogP contribution in [0, 0.1) is 0 Å². The van der Waals surface area contributed by atoms with Crippen molar-refractivity contribution in [2.75, 3.05) is 13.7 Å². The van der Waals surface area contributed by atoms with Crippen molar-refractivity contribution in [2.24, 2.45) is 0 Å². The SMILES string of the molecule is COc1cc2c(cc1C(C)NC/C=C/c1ccccc1)C=CC(C)(C)O2. The highest BCUT2D eigenvalue weighted by Crippen LogP contribution is 2.38. The Bertz CT molecular complexity index is 806. The van der Waals surface area contributed by atoms with Gasteiger partial charge in [-0.1, -0.05) is 48.6 Å². The summed E-state index contributed by atoms with van der Waals surface area (Å²) in [7, 11) is 1.71. The molecule has 3 rings (SSSR count). The van der Waals surface area contributed by atoms with Gasteiger partial charge in [-0.05, 0) is 38.5 Å². The highest BCUT2D eigenvalue weighted by Gasteiger charge is 2.24. The second kappa shape index (κ2) is 7.79. The number of hydrogen-bond donors (Lipinski definition) is 1. The van der Waals surface area contributed by atoms with Crippen LogP contribution < -0.4 is 14.8 Å². The van der Waals surface area contributed by atoms with Gasteiger partial charge in [-0.3, -0.25) is 0 Å². The third kappa shape index (κ3) is 4.36. The first-order valence-electron chi connectivity index (χ1n) is 9.04. The van der Waals surface area contributed by atoms with Crippen molar-refractivity contribution in [1.29, 1.82) is 0 Å². The molecule has 0 saturated heterocycles. The fourth-order valence-corrected chi connectivity index (χ4v) is 3.05. The molecule has 0 aromatic heterocycles. The standard InChI is InChI=1S/C23H27NO2/c1-17(24-14-8-11-18-9-6-5-7-10-18)20-15-19-12-13-23(2,3)26-21(19)16-22(20)25-4/h5-13,15-17,24H,14H2,1-4H3/b11-8+. The summed E-state index contributed by atoms with van der Waals surface area (Å²) in [6, 6.07) is 14.6. The van der Waals surface area contributed by atoms with Crippen molar-refractivity contribution in [2.45, 2.75) is 32.4 Å². The van der Waals surface area contributed by atoms with E-state index in [1.54, 1.807) is 7.11 Å². The van der Waals surface area contributed by atoms with Crippen LogP contribution in [0.15, 0.2) is 54.6 Å². The lowest BCUT2D eigenvalue weighted by molar-refractivity contribution is 0.158. The van der Waals surface area contributed by atoms with E-state index in [0.29, 0.717) is 0 Å². The lowest BCUT2D eigenvalue weighted by atomic mass is 9.98. The summed E-state index contributed by atoms with van der Waals surface area (Å²) in [5.41, 5.74) is 3.14. The first-order valence-corrected chi connectivity index (χ1v) is 9.04. The molecule has 3 heteroatoms. The van der Waals surface area contributed by atoms with Gasteiger partial charge in [0.05, 0.1) is 7.11 Å². The van der Waals surface area contributed by atoms with E-state index in [9.17, 15) is 0 Å². The minimum absolute atomic E-state index is 0.166. The van der Waals surface area contributed by atoms with Crippen molar-refractivity contribution < 1.29 is 9.47 Å². The van der Waals surface area contributed by atoms with Crippen LogP contribution in [0.3, 0.4) is 0 Å². The molecule has 26 heavy (non-hydrogen) atoms. The number of nitrogens with one attached hydrogen (secondary N) is 1. The largest absolute Gasteiger partial charge is 0.496 e. The summed E-state index contributed by atoms with van der Waals surface area (Å²) in [5, 5.41) is 3.54. The average molecular weight is 349 g/mol. The highest BCUT2D eigenvalue weighted by atomic mass is 16.5. The first kappa shape index (κ1) is 18.3. The highest BCUT2D eigenvalue weighted by molar-refractivity contribution is 5.64. The van der Waals surface area contributed by atoms with E-state index >= 15 is 0 Å². The number of hydrogen-bond acceptors (Lipinski definition) is 3. The van der Waals surface area contributed by atoms with Crippen molar-refractivity contribution in [3.05, 3.63) is 71.3 Å². The second-order valence-electron chi connectivity index (χ2n) is 7.11. The van der Waals surface area contributed by atoms with Crippen molar-refractivity contribution in [3.63, 3.8) is 0 Å². The van der Waals surface area contributed by atoms with Crippen LogP contribution in [-0.4, -0.2) is 19.3 Å². The number of fused-ring (bicyclic) bond motifs is 1. The Morgan fingerprint density at radius 2 is 1.96 bits per heavy atom. The maximum absolute atomic E-state index is 6.05. The molecule has 1 N–H and O–H groups in total. The summed E-state index contributed by atoms with van der Waals surface area (Å²) < 4.78 is 11.7. The van der Waals surface area contributed by atoms with E-state index in [2.05, 4.69) is 68.6 Å².